The highest BCUT2D eigenvalue weighted by molar-refractivity contribution is 7.13. The first-order chi connectivity index (χ1) is 6.79. The summed E-state index contributed by atoms with van der Waals surface area (Å²) >= 11 is 1.30. The van der Waals surface area contributed by atoms with Crippen molar-refractivity contribution in [1.82, 2.24) is 0 Å². The number of rotatable bonds is 4. The molecule has 0 aliphatic heterocycles. The summed E-state index contributed by atoms with van der Waals surface area (Å²) in [4.78, 5) is 11.8. The van der Waals surface area contributed by atoms with Crippen molar-refractivity contribution >= 4 is 23.0 Å². The molecule has 1 N–H and O–H groups in total. The van der Waals surface area contributed by atoms with Crippen LogP contribution in [0.3, 0.4) is 0 Å². The number of ether oxygens (including phenoxy) is 1. The lowest BCUT2D eigenvalue weighted by Gasteiger charge is -2.00. The van der Waals surface area contributed by atoms with E-state index in [1.165, 1.54) is 17.4 Å². The quantitative estimate of drug-likeness (QED) is 0.271. The molecule has 0 radical (unpaired) electrons. The standard InChI is InChI=1S/C9H9NO3S/c1-2-5-13-9(11)8(10-12)7-4-3-6-14-7/h2-4,6,12H,1,5H2/b10-8-. The van der Waals surface area contributed by atoms with E-state index in [2.05, 4.69) is 11.7 Å². The smallest absolute Gasteiger partial charge is 0.362 e. The number of hydrogen-bond donors (Lipinski definition) is 1. The van der Waals surface area contributed by atoms with E-state index in [0.29, 0.717) is 4.88 Å². The zero-order valence-electron chi connectivity index (χ0n) is 7.34. The van der Waals surface area contributed by atoms with Gasteiger partial charge in [-0.2, -0.15) is 0 Å². The molecule has 0 unspecified atom stereocenters. The van der Waals surface area contributed by atoms with Crippen molar-refractivity contribution in [3.8, 4) is 0 Å². The molecule has 0 aromatic carbocycles. The fraction of sp³-hybridized carbons (Fsp3) is 0.111. The van der Waals surface area contributed by atoms with Crippen molar-refractivity contribution in [1.29, 1.82) is 0 Å². The molecular formula is C9H9NO3S. The number of carbonyl (C=O) groups is 1. The number of nitrogens with zero attached hydrogens (tertiary/aromatic N) is 1. The summed E-state index contributed by atoms with van der Waals surface area (Å²) in [6, 6.07) is 3.43. The molecule has 1 aromatic rings. The van der Waals surface area contributed by atoms with E-state index in [9.17, 15) is 4.79 Å². The zero-order chi connectivity index (χ0) is 10.4. The number of thiophene rings is 1. The Labute approximate surface area is 85.1 Å². The molecule has 0 aliphatic rings. The van der Waals surface area contributed by atoms with Crippen LogP contribution < -0.4 is 0 Å². The highest BCUT2D eigenvalue weighted by atomic mass is 32.1. The maximum atomic E-state index is 11.3. The van der Waals surface area contributed by atoms with Gasteiger partial charge in [0.05, 0.1) is 4.88 Å². The van der Waals surface area contributed by atoms with Crippen LogP contribution in [0.1, 0.15) is 4.88 Å². The van der Waals surface area contributed by atoms with Gasteiger partial charge < -0.3 is 9.94 Å². The molecule has 0 spiro atoms. The summed E-state index contributed by atoms with van der Waals surface area (Å²) in [5.74, 6) is -0.658. The van der Waals surface area contributed by atoms with Crippen LogP contribution in [0.2, 0.25) is 0 Å². The van der Waals surface area contributed by atoms with Crippen molar-refractivity contribution < 1.29 is 14.7 Å². The van der Waals surface area contributed by atoms with Gasteiger partial charge in [0.15, 0.2) is 0 Å². The van der Waals surface area contributed by atoms with E-state index in [4.69, 9.17) is 9.94 Å². The van der Waals surface area contributed by atoms with E-state index in [-0.39, 0.29) is 12.3 Å². The molecule has 0 aliphatic carbocycles. The highest BCUT2D eigenvalue weighted by Crippen LogP contribution is 2.10. The second-order valence-corrected chi connectivity index (χ2v) is 3.26. The first kappa shape index (κ1) is 10.5. The van der Waals surface area contributed by atoms with Crippen molar-refractivity contribution in [2.24, 2.45) is 5.16 Å². The summed E-state index contributed by atoms with van der Waals surface area (Å²) in [6.07, 6.45) is 1.45. The molecule has 0 fully saturated rings. The third-order valence-electron chi connectivity index (χ3n) is 1.38. The monoisotopic (exact) mass is 211 g/mol. The Kier molecular flexibility index (Phi) is 3.87. The third-order valence-corrected chi connectivity index (χ3v) is 2.26. The van der Waals surface area contributed by atoms with Crippen LogP contribution in [0.15, 0.2) is 35.3 Å². The van der Waals surface area contributed by atoms with Gasteiger partial charge in [-0.3, -0.25) is 0 Å². The van der Waals surface area contributed by atoms with Crippen LogP contribution in [0.4, 0.5) is 0 Å². The second kappa shape index (κ2) is 5.18. The predicted molar refractivity (Wildman–Crippen MR) is 53.8 cm³/mol. The second-order valence-electron chi connectivity index (χ2n) is 2.31. The summed E-state index contributed by atoms with van der Waals surface area (Å²) in [5, 5.41) is 13.3. The Hall–Kier alpha value is -1.62. The van der Waals surface area contributed by atoms with Crippen molar-refractivity contribution in [3.63, 3.8) is 0 Å². The highest BCUT2D eigenvalue weighted by Gasteiger charge is 2.16. The van der Waals surface area contributed by atoms with Crippen molar-refractivity contribution in [2.75, 3.05) is 6.61 Å². The topological polar surface area (TPSA) is 58.9 Å². The van der Waals surface area contributed by atoms with Crippen LogP contribution in [0, 0.1) is 0 Å². The van der Waals surface area contributed by atoms with Gasteiger partial charge in [-0.15, -0.1) is 11.3 Å². The molecule has 14 heavy (non-hydrogen) atoms. The minimum atomic E-state index is -0.658. The average Bonchev–Trinajstić information content (AvgIpc) is 2.69. The molecule has 0 bridgehead atoms. The Morgan fingerprint density at radius 1 is 1.79 bits per heavy atom. The molecule has 0 atom stereocenters. The van der Waals surface area contributed by atoms with Gasteiger partial charge in [-0.1, -0.05) is 23.9 Å². The van der Waals surface area contributed by atoms with E-state index >= 15 is 0 Å². The Morgan fingerprint density at radius 3 is 3.07 bits per heavy atom. The van der Waals surface area contributed by atoms with E-state index in [0.717, 1.165) is 0 Å². The van der Waals surface area contributed by atoms with Gasteiger partial charge >= 0.3 is 5.97 Å². The van der Waals surface area contributed by atoms with Crippen molar-refractivity contribution in [3.05, 3.63) is 35.0 Å². The number of oxime groups is 1. The minimum absolute atomic E-state index is 0.0816. The molecule has 5 heteroatoms. The summed E-state index contributed by atoms with van der Waals surface area (Å²) < 4.78 is 4.73. The number of esters is 1. The maximum Gasteiger partial charge on any atom is 0.362 e. The zero-order valence-corrected chi connectivity index (χ0v) is 8.16. The lowest BCUT2D eigenvalue weighted by atomic mass is 10.3. The van der Waals surface area contributed by atoms with Crippen LogP contribution >= 0.6 is 11.3 Å². The fourth-order valence-electron chi connectivity index (χ4n) is 0.807. The average molecular weight is 211 g/mol. The van der Waals surface area contributed by atoms with Crippen LogP contribution in [-0.2, 0) is 9.53 Å². The van der Waals surface area contributed by atoms with Crippen LogP contribution in [0.25, 0.3) is 0 Å². The molecular weight excluding hydrogens is 202 g/mol. The Bertz CT molecular complexity index is 343. The lowest BCUT2D eigenvalue weighted by Crippen LogP contribution is -2.17. The van der Waals surface area contributed by atoms with Gasteiger partial charge in [0, 0.05) is 0 Å². The van der Waals surface area contributed by atoms with E-state index in [1.54, 1.807) is 17.5 Å². The number of hydrogen-bond acceptors (Lipinski definition) is 5. The van der Waals surface area contributed by atoms with Crippen molar-refractivity contribution in [2.45, 2.75) is 0 Å². The van der Waals surface area contributed by atoms with Crippen LogP contribution in [-0.4, -0.2) is 23.5 Å². The summed E-state index contributed by atoms with van der Waals surface area (Å²) in [5.41, 5.74) is -0.0816. The van der Waals surface area contributed by atoms with Gasteiger partial charge in [-0.25, -0.2) is 4.79 Å². The molecule has 0 amide bonds. The first-order valence-corrected chi connectivity index (χ1v) is 4.71. The van der Waals surface area contributed by atoms with E-state index in [1.807, 2.05) is 0 Å². The van der Waals surface area contributed by atoms with Gasteiger partial charge in [0.2, 0.25) is 5.71 Å². The molecule has 1 heterocycles. The summed E-state index contributed by atoms with van der Waals surface area (Å²) in [7, 11) is 0. The SMILES string of the molecule is C=CCOC(=O)/C(=N\O)c1cccs1. The lowest BCUT2D eigenvalue weighted by molar-refractivity contribution is -0.134. The first-order valence-electron chi connectivity index (χ1n) is 3.83. The molecule has 74 valence electrons. The molecule has 0 saturated heterocycles. The van der Waals surface area contributed by atoms with Crippen LogP contribution in [0.5, 0.6) is 0 Å². The Balaban J connectivity index is 2.74. The normalized spacial score (nSPS) is 11.0. The molecule has 4 nitrogen and oxygen atoms in total. The molecule has 1 rings (SSSR count). The number of carbonyl (C=O) groups excluding carboxylic acids is 1. The third kappa shape index (κ3) is 2.43. The molecule has 1 aromatic heterocycles. The fourth-order valence-corrected chi connectivity index (χ4v) is 1.50. The maximum absolute atomic E-state index is 11.3. The van der Waals surface area contributed by atoms with Gasteiger partial charge in [-0.05, 0) is 11.4 Å². The predicted octanol–water partition coefficient (Wildman–Crippen LogP) is 1.66. The minimum Gasteiger partial charge on any atom is -0.457 e. The Morgan fingerprint density at radius 2 is 2.57 bits per heavy atom. The van der Waals surface area contributed by atoms with Gasteiger partial charge in [0.25, 0.3) is 0 Å². The largest absolute Gasteiger partial charge is 0.457 e. The summed E-state index contributed by atoms with van der Waals surface area (Å²) in [6.45, 7) is 3.50. The molecule has 0 saturated carbocycles. The van der Waals surface area contributed by atoms with E-state index < -0.39 is 5.97 Å². The van der Waals surface area contributed by atoms with Gasteiger partial charge in [0.1, 0.15) is 6.61 Å².